The molecule has 80 valence electrons. The number of aryl methyl sites for hydroxylation is 1. The van der Waals surface area contributed by atoms with E-state index in [0.717, 1.165) is 25.1 Å². The summed E-state index contributed by atoms with van der Waals surface area (Å²) < 4.78 is 12.6. The maximum absolute atomic E-state index is 12.6. The number of hydrogen-bond acceptors (Lipinski definition) is 1. The fraction of sp³-hybridized carbons (Fsp3) is 0.417. The number of amides is 1. The van der Waals surface area contributed by atoms with E-state index in [1.54, 1.807) is 12.1 Å². The number of halogens is 1. The molecule has 1 aromatic carbocycles. The highest BCUT2D eigenvalue weighted by atomic mass is 19.1. The lowest BCUT2D eigenvalue weighted by molar-refractivity contribution is -0.134. The van der Waals surface area contributed by atoms with Crippen LogP contribution >= 0.6 is 0 Å². The Morgan fingerprint density at radius 1 is 1.27 bits per heavy atom. The zero-order valence-corrected chi connectivity index (χ0v) is 8.58. The first-order chi connectivity index (χ1) is 7.25. The molecule has 1 heterocycles. The van der Waals surface area contributed by atoms with Crippen molar-refractivity contribution >= 4 is 5.91 Å². The Morgan fingerprint density at radius 2 is 1.93 bits per heavy atom. The SMILES string of the molecule is O=C(CCc1ccc(F)cc1)N1CCC1. The van der Waals surface area contributed by atoms with Crippen molar-refractivity contribution in [1.82, 2.24) is 4.90 Å². The van der Waals surface area contributed by atoms with Crippen molar-refractivity contribution in [3.05, 3.63) is 35.6 Å². The fourth-order valence-corrected chi connectivity index (χ4v) is 1.63. The van der Waals surface area contributed by atoms with Crippen molar-refractivity contribution in [2.24, 2.45) is 0 Å². The fourth-order valence-electron chi connectivity index (χ4n) is 1.63. The second-order valence-electron chi connectivity index (χ2n) is 3.86. The average molecular weight is 207 g/mol. The molecule has 0 saturated carbocycles. The lowest BCUT2D eigenvalue weighted by atomic mass is 10.1. The first kappa shape index (κ1) is 10.1. The van der Waals surface area contributed by atoms with Gasteiger partial charge in [0.05, 0.1) is 0 Å². The summed E-state index contributed by atoms with van der Waals surface area (Å²) in [6.07, 6.45) is 2.36. The van der Waals surface area contributed by atoms with E-state index >= 15 is 0 Å². The molecular formula is C12H14FNO. The van der Waals surface area contributed by atoms with Crippen LogP contribution in [0.5, 0.6) is 0 Å². The molecule has 0 bridgehead atoms. The lowest BCUT2D eigenvalue weighted by Crippen LogP contribution is -2.42. The minimum absolute atomic E-state index is 0.213. The molecule has 1 fully saturated rings. The van der Waals surface area contributed by atoms with Crippen molar-refractivity contribution in [3.63, 3.8) is 0 Å². The third-order valence-corrected chi connectivity index (χ3v) is 2.75. The Morgan fingerprint density at radius 3 is 2.47 bits per heavy atom. The van der Waals surface area contributed by atoms with Crippen LogP contribution in [0.15, 0.2) is 24.3 Å². The largest absolute Gasteiger partial charge is 0.343 e. The normalized spacial score (nSPS) is 14.9. The minimum Gasteiger partial charge on any atom is -0.343 e. The number of likely N-dealkylation sites (tertiary alicyclic amines) is 1. The van der Waals surface area contributed by atoms with E-state index in [9.17, 15) is 9.18 Å². The molecule has 0 N–H and O–H groups in total. The maximum atomic E-state index is 12.6. The second-order valence-corrected chi connectivity index (χ2v) is 3.86. The summed E-state index contributed by atoms with van der Waals surface area (Å²) in [5, 5.41) is 0. The molecule has 0 aliphatic carbocycles. The molecule has 0 spiro atoms. The molecule has 2 rings (SSSR count). The highest BCUT2D eigenvalue weighted by molar-refractivity contribution is 5.77. The molecule has 15 heavy (non-hydrogen) atoms. The highest BCUT2D eigenvalue weighted by Crippen LogP contribution is 2.11. The van der Waals surface area contributed by atoms with Crippen molar-refractivity contribution in [2.45, 2.75) is 19.3 Å². The number of nitrogens with zero attached hydrogens (tertiary/aromatic N) is 1. The molecular weight excluding hydrogens is 193 g/mol. The minimum atomic E-state index is -0.229. The van der Waals surface area contributed by atoms with E-state index in [1.165, 1.54) is 12.1 Å². The van der Waals surface area contributed by atoms with Crippen molar-refractivity contribution in [1.29, 1.82) is 0 Å². The number of carbonyl (C=O) groups excluding carboxylic acids is 1. The molecule has 0 radical (unpaired) electrons. The number of rotatable bonds is 3. The predicted octanol–water partition coefficient (Wildman–Crippen LogP) is 1.99. The Hall–Kier alpha value is -1.38. The van der Waals surface area contributed by atoms with Crippen LogP contribution in [-0.2, 0) is 11.2 Å². The number of benzene rings is 1. The van der Waals surface area contributed by atoms with Crippen molar-refractivity contribution < 1.29 is 9.18 Å². The zero-order valence-electron chi connectivity index (χ0n) is 8.58. The Bertz CT molecular complexity index is 343. The second kappa shape index (κ2) is 4.43. The summed E-state index contributed by atoms with van der Waals surface area (Å²) in [7, 11) is 0. The summed E-state index contributed by atoms with van der Waals surface area (Å²) in [6, 6.07) is 6.34. The quantitative estimate of drug-likeness (QED) is 0.742. The summed E-state index contributed by atoms with van der Waals surface area (Å²) >= 11 is 0. The van der Waals surface area contributed by atoms with Crippen LogP contribution < -0.4 is 0 Å². The summed E-state index contributed by atoms with van der Waals surface area (Å²) in [5.41, 5.74) is 1.02. The van der Waals surface area contributed by atoms with Gasteiger partial charge in [0.1, 0.15) is 5.82 Å². The van der Waals surface area contributed by atoms with E-state index < -0.39 is 0 Å². The van der Waals surface area contributed by atoms with Crippen molar-refractivity contribution in [3.8, 4) is 0 Å². The van der Waals surface area contributed by atoms with Gasteiger partial charge in [0, 0.05) is 19.5 Å². The van der Waals surface area contributed by atoms with Gasteiger partial charge in [-0.15, -0.1) is 0 Å². The molecule has 0 atom stereocenters. The van der Waals surface area contributed by atoms with Gasteiger partial charge in [-0.05, 0) is 30.5 Å². The van der Waals surface area contributed by atoms with Crippen LogP contribution in [-0.4, -0.2) is 23.9 Å². The summed E-state index contributed by atoms with van der Waals surface area (Å²) in [4.78, 5) is 13.4. The smallest absolute Gasteiger partial charge is 0.222 e. The van der Waals surface area contributed by atoms with Crippen LogP contribution in [0.2, 0.25) is 0 Å². The first-order valence-corrected chi connectivity index (χ1v) is 5.28. The van der Waals surface area contributed by atoms with Crippen molar-refractivity contribution in [2.75, 3.05) is 13.1 Å². The predicted molar refractivity (Wildman–Crippen MR) is 55.9 cm³/mol. The van der Waals surface area contributed by atoms with Crippen LogP contribution in [0.1, 0.15) is 18.4 Å². The third kappa shape index (κ3) is 2.55. The Labute approximate surface area is 88.7 Å². The van der Waals surface area contributed by atoms with E-state index in [4.69, 9.17) is 0 Å². The molecule has 1 aromatic rings. The lowest BCUT2D eigenvalue weighted by Gasteiger charge is -2.30. The summed E-state index contributed by atoms with van der Waals surface area (Å²) in [5.74, 6) is -0.0154. The van der Waals surface area contributed by atoms with Gasteiger partial charge in [0.15, 0.2) is 0 Å². The average Bonchev–Trinajstić information content (AvgIpc) is 2.14. The Kier molecular flexibility index (Phi) is 2.99. The molecule has 1 aliphatic rings. The van der Waals surface area contributed by atoms with Crippen LogP contribution in [0, 0.1) is 5.82 Å². The van der Waals surface area contributed by atoms with Gasteiger partial charge in [-0.25, -0.2) is 4.39 Å². The topological polar surface area (TPSA) is 20.3 Å². The van der Waals surface area contributed by atoms with E-state index in [1.807, 2.05) is 4.90 Å². The molecule has 1 saturated heterocycles. The van der Waals surface area contributed by atoms with E-state index in [0.29, 0.717) is 12.8 Å². The first-order valence-electron chi connectivity index (χ1n) is 5.28. The van der Waals surface area contributed by atoms with Gasteiger partial charge in [-0.1, -0.05) is 12.1 Å². The van der Waals surface area contributed by atoms with Crippen LogP contribution in [0.3, 0.4) is 0 Å². The molecule has 0 aromatic heterocycles. The van der Waals surface area contributed by atoms with Crippen LogP contribution in [0.4, 0.5) is 4.39 Å². The number of carbonyl (C=O) groups is 1. The Balaban J connectivity index is 1.82. The standard InChI is InChI=1S/C12H14FNO/c13-11-5-2-10(3-6-11)4-7-12(15)14-8-1-9-14/h2-3,5-6H,1,4,7-9H2. The van der Waals surface area contributed by atoms with Gasteiger partial charge >= 0.3 is 0 Å². The summed E-state index contributed by atoms with van der Waals surface area (Å²) in [6.45, 7) is 1.81. The highest BCUT2D eigenvalue weighted by Gasteiger charge is 2.19. The van der Waals surface area contributed by atoms with Gasteiger partial charge in [-0.2, -0.15) is 0 Å². The molecule has 0 unspecified atom stereocenters. The van der Waals surface area contributed by atoms with Crippen LogP contribution in [0.25, 0.3) is 0 Å². The monoisotopic (exact) mass is 207 g/mol. The van der Waals surface area contributed by atoms with Gasteiger partial charge in [-0.3, -0.25) is 4.79 Å². The molecule has 2 nitrogen and oxygen atoms in total. The zero-order chi connectivity index (χ0) is 10.7. The van der Waals surface area contributed by atoms with E-state index in [2.05, 4.69) is 0 Å². The van der Waals surface area contributed by atoms with Gasteiger partial charge in [0.25, 0.3) is 0 Å². The number of hydrogen-bond donors (Lipinski definition) is 0. The maximum Gasteiger partial charge on any atom is 0.222 e. The molecule has 3 heteroatoms. The van der Waals surface area contributed by atoms with Gasteiger partial charge < -0.3 is 4.90 Å². The van der Waals surface area contributed by atoms with E-state index in [-0.39, 0.29) is 11.7 Å². The third-order valence-electron chi connectivity index (χ3n) is 2.75. The molecule has 1 aliphatic heterocycles. The molecule has 1 amide bonds. The van der Waals surface area contributed by atoms with Gasteiger partial charge in [0.2, 0.25) is 5.91 Å².